The summed E-state index contributed by atoms with van der Waals surface area (Å²) in [6, 6.07) is 3.81. The minimum absolute atomic E-state index is 0.773. The molecule has 0 fully saturated rings. The van der Waals surface area contributed by atoms with Crippen LogP contribution < -0.4 is 5.32 Å². The van der Waals surface area contributed by atoms with Crippen LogP contribution in [0.15, 0.2) is 18.3 Å². The fourth-order valence-electron chi connectivity index (χ4n) is 1.34. The van der Waals surface area contributed by atoms with Crippen molar-refractivity contribution in [1.82, 2.24) is 25.2 Å². The number of nitrogens with one attached hydrogen (secondary N) is 1. The Balaban J connectivity index is 2.16. The van der Waals surface area contributed by atoms with Crippen molar-refractivity contribution < 1.29 is 0 Å². The lowest BCUT2D eigenvalue weighted by molar-refractivity contribution is 0.718. The topological polar surface area (TPSA) is 68.5 Å². The lowest BCUT2D eigenvalue weighted by atomic mass is 10.3. The van der Waals surface area contributed by atoms with E-state index in [0.29, 0.717) is 0 Å². The monoisotopic (exact) mass is 218 g/mol. The van der Waals surface area contributed by atoms with Crippen molar-refractivity contribution in [2.75, 3.05) is 11.9 Å². The summed E-state index contributed by atoms with van der Waals surface area (Å²) >= 11 is 0. The summed E-state index contributed by atoms with van der Waals surface area (Å²) in [5, 5.41) is 19.0. The SMILES string of the molecule is CCCNc1ccc(-c2cnnn2C)nn1. The standard InChI is InChI=1S/C10H14N6/c1-3-6-11-10-5-4-8(13-14-10)9-7-12-15-16(9)2/h4-5,7H,3,6H2,1-2H3,(H,11,14). The summed E-state index contributed by atoms with van der Waals surface area (Å²) in [6.45, 7) is 3.01. The Bertz CT molecular complexity index is 447. The van der Waals surface area contributed by atoms with Crippen LogP contribution >= 0.6 is 0 Å². The highest BCUT2D eigenvalue weighted by Crippen LogP contribution is 2.14. The Labute approximate surface area is 93.7 Å². The molecule has 1 N–H and O–H groups in total. The van der Waals surface area contributed by atoms with E-state index in [0.717, 1.165) is 30.2 Å². The summed E-state index contributed by atoms with van der Waals surface area (Å²) in [5.74, 6) is 0.792. The minimum Gasteiger partial charge on any atom is -0.369 e. The van der Waals surface area contributed by atoms with Crippen molar-refractivity contribution in [3.63, 3.8) is 0 Å². The Morgan fingerprint density at radius 1 is 1.31 bits per heavy atom. The first-order chi connectivity index (χ1) is 7.81. The fourth-order valence-corrected chi connectivity index (χ4v) is 1.34. The second-order valence-electron chi connectivity index (χ2n) is 3.47. The highest BCUT2D eigenvalue weighted by Gasteiger charge is 2.05. The van der Waals surface area contributed by atoms with E-state index in [1.165, 1.54) is 0 Å². The fraction of sp³-hybridized carbons (Fsp3) is 0.400. The maximum Gasteiger partial charge on any atom is 0.148 e. The second kappa shape index (κ2) is 4.69. The zero-order valence-electron chi connectivity index (χ0n) is 9.38. The normalized spacial score (nSPS) is 10.4. The zero-order chi connectivity index (χ0) is 11.4. The van der Waals surface area contributed by atoms with Gasteiger partial charge in [-0.05, 0) is 18.6 Å². The molecular weight excluding hydrogens is 204 g/mol. The summed E-state index contributed by atoms with van der Waals surface area (Å²) < 4.78 is 1.67. The Hall–Kier alpha value is -1.98. The highest BCUT2D eigenvalue weighted by atomic mass is 15.4. The Morgan fingerprint density at radius 3 is 2.75 bits per heavy atom. The predicted molar refractivity (Wildman–Crippen MR) is 60.8 cm³/mol. The molecule has 0 aliphatic rings. The van der Waals surface area contributed by atoms with Gasteiger partial charge in [0.15, 0.2) is 0 Å². The van der Waals surface area contributed by atoms with Gasteiger partial charge in [0, 0.05) is 13.6 Å². The molecule has 0 aliphatic carbocycles. The first kappa shape index (κ1) is 10.5. The maximum absolute atomic E-state index is 4.12. The molecule has 84 valence electrons. The van der Waals surface area contributed by atoms with E-state index < -0.39 is 0 Å². The number of hydrogen-bond donors (Lipinski definition) is 1. The summed E-state index contributed by atoms with van der Waals surface area (Å²) in [6.07, 6.45) is 2.73. The summed E-state index contributed by atoms with van der Waals surface area (Å²) in [7, 11) is 1.83. The van der Waals surface area contributed by atoms with Crippen molar-refractivity contribution in [2.24, 2.45) is 7.05 Å². The van der Waals surface area contributed by atoms with Gasteiger partial charge >= 0.3 is 0 Å². The third-order valence-corrected chi connectivity index (χ3v) is 2.20. The molecular formula is C10H14N6. The molecule has 0 saturated carbocycles. The molecule has 6 nitrogen and oxygen atoms in total. The van der Waals surface area contributed by atoms with Crippen molar-refractivity contribution in [3.05, 3.63) is 18.3 Å². The van der Waals surface area contributed by atoms with Gasteiger partial charge in [0.1, 0.15) is 17.2 Å². The van der Waals surface area contributed by atoms with Crippen molar-refractivity contribution in [2.45, 2.75) is 13.3 Å². The third kappa shape index (κ3) is 2.16. The molecule has 0 unspecified atom stereocenters. The second-order valence-corrected chi connectivity index (χ2v) is 3.47. The highest BCUT2D eigenvalue weighted by molar-refractivity contribution is 5.53. The van der Waals surface area contributed by atoms with Crippen LogP contribution in [0.3, 0.4) is 0 Å². The third-order valence-electron chi connectivity index (χ3n) is 2.20. The van der Waals surface area contributed by atoms with Gasteiger partial charge in [0.2, 0.25) is 0 Å². The van der Waals surface area contributed by atoms with Gasteiger partial charge in [-0.15, -0.1) is 15.3 Å². The van der Waals surface area contributed by atoms with Crippen LogP contribution in [0.25, 0.3) is 11.4 Å². The number of aromatic nitrogens is 5. The number of anilines is 1. The van der Waals surface area contributed by atoms with Gasteiger partial charge < -0.3 is 5.32 Å². The quantitative estimate of drug-likeness (QED) is 0.832. The molecule has 0 amide bonds. The molecule has 16 heavy (non-hydrogen) atoms. The average molecular weight is 218 g/mol. The smallest absolute Gasteiger partial charge is 0.148 e. The molecule has 2 aromatic rings. The molecule has 2 aromatic heterocycles. The van der Waals surface area contributed by atoms with Gasteiger partial charge in [0.05, 0.1) is 6.20 Å². The van der Waals surface area contributed by atoms with Crippen molar-refractivity contribution >= 4 is 5.82 Å². The van der Waals surface area contributed by atoms with Gasteiger partial charge in [-0.1, -0.05) is 12.1 Å². The Morgan fingerprint density at radius 2 is 2.19 bits per heavy atom. The van der Waals surface area contributed by atoms with E-state index >= 15 is 0 Å². The number of nitrogens with zero attached hydrogens (tertiary/aromatic N) is 5. The molecule has 0 atom stereocenters. The number of rotatable bonds is 4. The van der Waals surface area contributed by atoms with Crippen LogP contribution in [0.5, 0.6) is 0 Å². The van der Waals surface area contributed by atoms with Gasteiger partial charge in [-0.3, -0.25) is 0 Å². The molecule has 0 spiro atoms. The Kier molecular flexibility index (Phi) is 3.09. The van der Waals surface area contributed by atoms with E-state index in [4.69, 9.17) is 0 Å². The minimum atomic E-state index is 0.773. The van der Waals surface area contributed by atoms with Gasteiger partial charge in [0.25, 0.3) is 0 Å². The van der Waals surface area contributed by atoms with E-state index in [1.807, 2.05) is 19.2 Å². The van der Waals surface area contributed by atoms with Crippen LogP contribution in [-0.2, 0) is 7.05 Å². The molecule has 2 rings (SSSR count). The number of aryl methyl sites for hydroxylation is 1. The molecule has 0 bridgehead atoms. The van der Waals surface area contributed by atoms with E-state index in [-0.39, 0.29) is 0 Å². The van der Waals surface area contributed by atoms with E-state index in [2.05, 4.69) is 32.7 Å². The molecule has 6 heteroatoms. The molecule has 0 saturated heterocycles. The van der Waals surface area contributed by atoms with Crippen LogP contribution in [0, 0.1) is 0 Å². The van der Waals surface area contributed by atoms with E-state index in [1.54, 1.807) is 10.9 Å². The summed E-state index contributed by atoms with van der Waals surface area (Å²) in [4.78, 5) is 0. The maximum atomic E-state index is 4.12. The van der Waals surface area contributed by atoms with Crippen LogP contribution in [0.2, 0.25) is 0 Å². The van der Waals surface area contributed by atoms with Crippen molar-refractivity contribution in [1.29, 1.82) is 0 Å². The van der Waals surface area contributed by atoms with Gasteiger partial charge in [-0.25, -0.2) is 4.68 Å². The predicted octanol–water partition coefficient (Wildman–Crippen LogP) is 1.09. The summed E-state index contributed by atoms with van der Waals surface area (Å²) in [5.41, 5.74) is 1.63. The average Bonchev–Trinajstić information content (AvgIpc) is 2.74. The number of hydrogen-bond acceptors (Lipinski definition) is 5. The molecule has 0 radical (unpaired) electrons. The molecule has 0 aliphatic heterocycles. The van der Waals surface area contributed by atoms with Crippen LogP contribution in [0.1, 0.15) is 13.3 Å². The lowest BCUT2D eigenvalue weighted by Crippen LogP contribution is -2.03. The van der Waals surface area contributed by atoms with Crippen LogP contribution in [-0.4, -0.2) is 31.7 Å². The van der Waals surface area contributed by atoms with Crippen LogP contribution in [0.4, 0.5) is 5.82 Å². The first-order valence-electron chi connectivity index (χ1n) is 5.24. The van der Waals surface area contributed by atoms with E-state index in [9.17, 15) is 0 Å². The molecule has 2 heterocycles. The van der Waals surface area contributed by atoms with Crippen molar-refractivity contribution in [3.8, 4) is 11.4 Å². The zero-order valence-corrected chi connectivity index (χ0v) is 9.38. The molecule has 0 aromatic carbocycles. The van der Waals surface area contributed by atoms with Gasteiger partial charge in [-0.2, -0.15) is 0 Å². The lowest BCUT2D eigenvalue weighted by Gasteiger charge is -2.03. The largest absolute Gasteiger partial charge is 0.369 e. The first-order valence-corrected chi connectivity index (χ1v) is 5.24.